The molecule has 5 rings (SSSR count). The van der Waals surface area contributed by atoms with Crippen molar-refractivity contribution in [2.45, 2.75) is 6.54 Å². The maximum Gasteiger partial charge on any atom is 0.156 e. The second kappa shape index (κ2) is 7.12. The normalized spacial score (nSPS) is 15.6. The first-order valence-electron chi connectivity index (χ1n) is 9.15. The second-order valence-electron chi connectivity index (χ2n) is 6.77. The first-order valence-corrected chi connectivity index (χ1v) is 9.53. The van der Waals surface area contributed by atoms with Crippen LogP contribution < -0.4 is 0 Å². The topological polar surface area (TPSA) is 71.9 Å². The van der Waals surface area contributed by atoms with E-state index in [1.807, 2.05) is 6.07 Å². The summed E-state index contributed by atoms with van der Waals surface area (Å²) in [7, 11) is 0. The van der Waals surface area contributed by atoms with E-state index >= 15 is 0 Å². The number of benzene rings is 1. The fourth-order valence-corrected chi connectivity index (χ4v) is 3.78. The lowest BCUT2D eigenvalue weighted by molar-refractivity contribution is 0.0361. The van der Waals surface area contributed by atoms with E-state index in [2.05, 4.69) is 25.0 Å². The van der Waals surface area contributed by atoms with Crippen molar-refractivity contribution >= 4 is 33.7 Å². The maximum atomic E-state index is 14.8. The van der Waals surface area contributed by atoms with E-state index in [0.29, 0.717) is 45.0 Å². The van der Waals surface area contributed by atoms with Gasteiger partial charge in [-0.2, -0.15) is 5.10 Å². The van der Waals surface area contributed by atoms with Gasteiger partial charge in [0.1, 0.15) is 22.7 Å². The smallest absolute Gasteiger partial charge is 0.156 e. The van der Waals surface area contributed by atoms with Gasteiger partial charge in [0.05, 0.1) is 36.9 Å². The number of fused-ring (bicyclic) bond motifs is 2. The van der Waals surface area contributed by atoms with Gasteiger partial charge in [-0.1, -0.05) is 11.6 Å². The molecule has 1 aliphatic rings. The van der Waals surface area contributed by atoms with Crippen LogP contribution in [-0.2, 0) is 11.3 Å². The summed E-state index contributed by atoms with van der Waals surface area (Å²) in [5.74, 6) is -0.411. The van der Waals surface area contributed by atoms with Crippen LogP contribution in [0.4, 0.5) is 4.39 Å². The molecule has 7 nitrogen and oxygen atoms in total. The van der Waals surface area contributed by atoms with Crippen molar-refractivity contribution in [3.8, 4) is 11.4 Å². The number of H-pyrrole nitrogens is 1. The minimum absolute atomic E-state index is 0.344. The summed E-state index contributed by atoms with van der Waals surface area (Å²) in [5.41, 5.74) is 3.06. The highest BCUT2D eigenvalue weighted by Crippen LogP contribution is 2.32. The SMILES string of the molecule is Fc1cc(Cl)cc2c1c(-c1cnc3[nH]ccc3n1)nn2CCN1CCOCC1. The quantitative estimate of drug-likeness (QED) is 0.570. The molecule has 28 heavy (non-hydrogen) atoms. The summed E-state index contributed by atoms with van der Waals surface area (Å²) >= 11 is 6.12. The Labute approximate surface area is 165 Å². The summed E-state index contributed by atoms with van der Waals surface area (Å²) in [6.07, 6.45) is 3.38. The number of hydrogen-bond acceptors (Lipinski definition) is 5. The molecule has 4 aromatic rings. The summed E-state index contributed by atoms with van der Waals surface area (Å²) in [5, 5.41) is 5.44. The van der Waals surface area contributed by atoms with Crippen molar-refractivity contribution in [2.24, 2.45) is 0 Å². The van der Waals surface area contributed by atoms with Crippen molar-refractivity contribution in [1.82, 2.24) is 29.6 Å². The lowest BCUT2D eigenvalue weighted by Crippen LogP contribution is -2.38. The van der Waals surface area contributed by atoms with Crippen molar-refractivity contribution in [3.63, 3.8) is 0 Å². The highest BCUT2D eigenvalue weighted by Gasteiger charge is 2.20. The fourth-order valence-electron chi connectivity index (χ4n) is 3.58. The van der Waals surface area contributed by atoms with Gasteiger partial charge >= 0.3 is 0 Å². The number of aromatic amines is 1. The molecule has 0 spiro atoms. The molecule has 4 heterocycles. The van der Waals surface area contributed by atoms with E-state index in [4.69, 9.17) is 16.3 Å². The van der Waals surface area contributed by atoms with Crippen LogP contribution in [0.1, 0.15) is 0 Å². The van der Waals surface area contributed by atoms with Gasteiger partial charge in [0.2, 0.25) is 0 Å². The monoisotopic (exact) mass is 400 g/mol. The largest absolute Gasteiger partial charge is 0.379 e. The van der Waals surface area contributed by atoms with Gasteiger partial charge in [0, 0.05) is 30.9 Å². The molecule has 1 aromatic carbocycles. The number of halogens is 2. The number of ether oxygens (including phenoxy) is 1. The Kier molecular flexibility index (Phi) is 4.46. The standard InChI is InChI=1S/C19H18ClFN6O/c20-12-9-13(21)17-16(10-12)27(4-3-26-5-7-28-8-6-26)25-18(17)15-11-23-19-14(24-15)1-2-22-19/h1-2,9-11H,3-8H2,(H,22,23). The Morgan fingerprint density at radius 3 is 2.93 bits per heavy atom. The predicted molar refractivity (Wildman–Crippen MR) is 105 cm³/mol. The van der Waals surface area contributed by atoms with E-state index in [0.717, 1.165) is 32.8 Å². The van der Waals surface area contributed by atoms with Crippen LogP contribution in [-0.4, -0.2) is 62.5 Å². The Balaban J connectivity index is 1.58. The zero-order valence-corrected chi connectivity index (χ0v) is 15.8. The van der Waals surface area contributed by atoms with Gasteiger partial charge in [0.25, 0.3) is 0 Å². The molecule has 3 aromatic heterocycles. The Morgan fingerprint density at radius 2 is 2.07 bits per heavy atom. The van der Waals surface area contributed by atoms with Crippen LogP contribution in [0, 0.1) is 5.82 Å². The van der Waals surface area contributed by atoms with Crippen LogP contribution >= 0.6 is 11.6 Å². The van der Waals surface area contributed by atoms with Gasteiger partial charge < -0.3 is 9.72 Å². The average molecular weight is 401 g/mol. The Morgan fingerprint density at radius 1 is 1.21 bits per heavy atom. The van der Waals surface area contributed by atoms with Crippen molar-refractivity contribution in [2.75, 3.05) is 32.8 Å². The number of nitrogens with one attached hydrogen (secondary N) is 1. The highest BCUT2D eigenvalue weighted by atomic mass is 35.5. The van der Waals surface area contributed by atoms with Gasteiger partial charge in [-0.25, -0.2) is 14.4 Å². The Bertz CT molecular complexity index is 1150. The predicted octanol–water partition coefficient (Wildman–Crippen LogP) is 3.10. The molecular formula is C19H18ClFN6O. The molecule has 1 aliphatic heterocycles. The summed E-state index contributed by atoms with van der Waals surface area (Å²) in [6, 6.07) is 4.89. The third-order valence-corrected chi connectivity index (χ3v) is 5.22. The third kappa shape index (κ3) is 3.13. The van der Waals surface area contributed by atoms with Gasteiger partial charge in [-0.15, -0.1) is 0 Å². The molecule has 0 aliphatic carbocycles. The van der Waals surface area contributed by atoms with E-state index in [1.165, 1.54) is 6.07 Å². The van der Waals surface area contributed by atoms with E-state index < -0.39 is 5.82 Å². The van der Waals surface area contributed by atoms with E-state index in [-0.39, 0.29) is 0 Å². The minimum Gasteiger partial charge on any atom is -0.379 e. The van der Waals surface area contributed by atoms with E-state index in [9.17, 15) is 4.39 Å². The van der Waals surface area contributed by atoms with Crippen molar-refractivity contribution in [3.05, 3.63) is 41.4 Å². The van der Waals surface area contributed by atoms with Crippen LogP contribution in [0.5, 0.6) is 0 Å². The molecule has 0 saturated carbocycles. The van der Waals surface area contributed by atoms with Crippen LogP contribution in [0.25, 0.3) is 33.5 Å². The molecule has 0 amide bonds. The Hall–Kier alpha value is -2.55. The number of hydrogen-bond donors (Lipinski definition) is 1. The third-order valence-electron chi connectivity index (χ3n) is 5.00. The zero-order chi connectivity index (χ0) is 19.1. The lowest BCUT2D eigenvalue weighted by Gasteiger charge is -2.26. The summed E-state index contributed by atoms with van der Waals surface area (Å²) < 4.78 is 22.0. The average Bonchev–Trinajstić information content (AvgIpc) is 3.31. The number of aromatic nitrogens is 5. The summed E-state index contributed by atoms with van der Waals surface area (Å²) in [6.45, 7) is 4.66. The molecule has 0 unspecified atom stereocenters. The molecule has 1 saturated heterocycles. The lowest BCUT2D eigenvalue weighted by atomic mass is 10.1. The first kappa shape index (κ1) is 17.5. The fraction of sp³-hybridized carbons (Fsp3) is 0.316. The van der Waals surface area contributed by atoms with E-state index in [1.54, 1.807) is 23.1 Å². The van der Waals surface area contributed by atoms with Gasteiger partial charge in [-0.05, 0) is 18.2 Å². The second-order valence-corrected chi connectivity index (χ2v) is 7.21. The molecular weight excluding hydrogens is 383 g/mol. The molecule has 144 valence electrons. The molecule has 0 radical (unpaired) electrons. The molecule has 0 atom stereocenters. The summed E-state index contributed by atoms with van der Waals surface area (Å²) in [4.78, 5) is 14.3. The number of nitrogens with zero attached hydrogens (tertiary/aromatic N) is 5. The zero-order valence-electron chi connectivity index (χ0n) is 15.0. The molecule has 9 heteroatoms. The minimum atomic E-state index is -0.411. The molecule has 1 N–H and O–H groups in total. The van der Waals surface area contributed by atoms with Crippen LogP contribution in [0.2, 0.25) is 5.02 Å². The van der Waals surface area contributed by atoms with Crippen molar-refractivity contribution in [1.29, 1.82) is 0 Å². The molecule has 1 fully saturated rings. The van der Waals surface area contributed by atoms with Crippen LogP contribution in [0.15, 0.2) is 30.6 Å². The highest BCUT2D eigenvalue weighted by molar-refractivity contribution is 6.31. The molecule has 0 bridgehead atoms. The van der Waals surface area contributed by atoms with Crippen molar-refractivity contribution < 1.29 is 9.13 Å². The maximum absolute atomic E-state index is 14.8. The first-order chi connectivity index (χ1) is 13.7. The number of morpholine rings is 1. The number of rotatable bonds is 4. The van der Waals surface area contributed by atoms with Crippen LogP contribution in [0.3, 0.4) is 0 Å². The van der Waals surface area contributed by atoms with Gasteiger partial charge in [0.15, 0.2) is 5.65 Å². The van der Waals surface area contributed by atoms with Gasteiger partial charge in [-0.3, -0.25) is 9.58 Å².